The standard InChI is InChI=1S/C14H24N4O2/c1-5-14(6-2,7-3)17-13-10-11(18(19)20)9-12(16-13)15-8-4/h9-10H,5-8H2,1-4H3,(H2,15,16,17). The van der Waals surface area contributed by atoms with Gasteiger partial charge in [-0.15, -0.1) is 0 Å². The van der Waals surface area contributed by atoms with Crippen molar-refractivity contribution in [2.45, 2.75) is 52.5 Å². The average Bonchev–Trinajstić information content (AvgIpc) is 2.45. The molecular formula is C14H24N4O2. The fraction of sp³-hybridized carbons (Fsp3) is 0.643. The van der Waals surface area contributed by atoms with E-state index in [0.29, 0.717) is 18.2 Å². The first-order valence-electron chi connectivity index (χ1n) is 7.18. The van der Waals surface area contributed by atoms with Gasteiger partial charge in [-0.25, -0.2) is 4.98 Å². The number of hydrogen-bond acceptors (Lipinski definition) is 5. The van der Waals surface area contributed by atoms with E-state index in [4.69, 9.17) is 0 Å². The van der Waals surface area contributed by atoms with Gasteiger partial charge in [0.25, 0.3) is 5.69 Å². The minimum atomic E-state index is -0.390. The second kappa shape index (κ2) is 7.07. The number of nitrogens with zero attached hydrogens (tertiary/aromatic N) is 2. The highest BCUT2D eigenvalue weighted by Crippen LogP contribution is 2.28. The lowest BCUT2D eigenvalue weighted by atomic mass is 9.90. The quantitative estimate of drug-likeness (QED) is 0.559. The van der Waals surface area contributed by atoms with Gasteiger partial charge in [0, 0.05) is 12.1 Å². The molecule has 0 radical (unpaired) electrons. The summed E-state index contributed by atoms with van der Waals surface area (Å²) in [5, 5.41) is 17.4. The molecule has 0 aliphatic carbocycles. The van der Waals surface area contributed by atoms with Gasteiger partial charge in [0.15, 0.2) is 0 Å². The van der Waals surface area contributed by atoms with Crippen LogP contribution in [0.15, 0.2) is 12.1 Å². The molecule has 1 rings (SSSR count). The highest BCUT2D eigenvalue weighted by Gasteiger charge is 2.25. The summed E-state index contributed by atoms with van der Waals surface area (Å²) in [6.45, 7) is 8.95. The SMILES string of the molecule is CCNc1cc([N+](=O)[O-])cc(NC(CC)(CC)CC)n1. The molecule has 0 unspecified atom stereocenters. The summed E-state index contributed by atoms with van der Waals surface area (Å²) >= 11 is 0. The molecule has 0 aromatic carbocycles. The molecule has 0 bridgehead atoms. The van der Waals surface area contributed by atoms with E-state index < -0.39 is 0 Å². The molecule has 6 nitrogen and oxygen atoms in total. The van der Waals surface area contributed by atoms with E-state index in [1.54, 1.807) is 0 Å². The van der Waals surface area contributed by atoms with Gasteiger partial charge >= 0.3 is 0 Å². The maximum Gasteiger partial charge on any atom is 0.276 e. The van der Waals surface area contributed by atoms with Crippen LogP contribution in [0.1, 0.15) is 47.0 Å². The van der Waals surface area contributed by atoms with E-state index in [1.807, 2.05) is 6.92 Å². The Hall–Kier alpha value is -1.85. The predicted molar refractivity (Wildman–Crippen MR) is 82.3 cm³/mol. The molecule has 112 valence electrons. The summed E-state index contributed by atoms with van der Waals surface area (Å²) in [5.74, 6) is 1.09. The average molecular weight is 280 g/mol. The minimum absolute atomic E-state index is 0.0515. The number of hydrogen-bond donors (Lipinski definition) is 2. The Labute approximate surface area is 120 Å². The van der Waals surface area contributed by atoms with Crippen LogP contribution in [0.5, 0.6) is 0 Å². The van der Waals surface area contributed by atoms with Crippen molar-refractivity contribution in [2.75, 3.05) is 17.2 Å². The van der Waals surface area contributed by atoms with Crippen molar-refractivity contribution >= 4 is 17.3 Å². The second-order valence-electron chi connectivity index (χ2n) is 4.85. The fourth-order valence-electron chi connectivity index (χ4n) is 2.24. The smallest absolute Gasteiger partial charge is 0.276 e. The fourth-order valence-corrected chi connectivity index (χ4v) is 2.24. The summed E-state index contributed by atoms with van der Waals surface area (Å²) in [4.78, 5) is 15.0. The summed E-state index contributed by atoms with van der Waals surface area (Å²) in [7, 11) is 0. The molecule has 0 spiro atoms. The Morgan fingerprint density at radius 3 is 2.15 bits per heavy atom. The van der Waals surface area contributed by atoms with Crippen molar-refractivity contribution in [3.63, 3.8) is 0 Å². The van der Waals surface area contributed by atoms with Crippen LogP contribution in [0.25, 0.3) is 0 Å². The summed E-state index contributed by atoms with van der Waals surface area (Å²) < 4.78 is 0. The van der Waals surface area contributed by atoms with Gasteiger partial charge < -0.3 is 10.6 Å². The molecule has 20 heavy (non-hydrogen) atoms. The van der Waals surface area contributed by atoms with Crippen LogP contribution in [0.2, 0.25) is 0 Å². The molecule has 1 aromatic heterocycles. The number of rotatable bonds is 8. The number of anilines is 2. The van der Waals surface area contributed by atoms with Gasteiger partial charge in [-0.05, 0) is 26.2 Å². The first-order valence-corrected chi connectivity index (χ1v) is 7.18. The number of aromatic nitrogens is 1. The van der Waals surface area contributed by atoms with Crippen molar-refractivity contribution in [1.29, 1.82) is 0 Å². The Bertz CT molecular complexity index is 450. The van der Waals surface area contributed by atoms with Gasteiger partial charge in [-0.3, -0.25) is 10.1 Å². The zero-order valence-corrected chi connectivity index (χ0v) is 12.7. The van der Waals surface area contributed by atoms with E-state index in [0.717, 1.165) is 19.3 Å². The van der Waals surface area contributed by atoms with Crippen molar-refractivity contribution < 1.29 is 4.92 Å². The van der Waals surface area contributed by atoms with Crippen LogP contribution in [-0.2, 0) is 0 Å². The molecule has 1 aromatic rings. The molecule has 0 saturated carbocycles. The third-order valence-corrected chi connectivity index (χ3v) is 3.80. The van der Waals surface area contributed by atoms with E-state index in [-0.39, 0.29) is 16.1 Å². The van der Waals surface area contributed by atoms with Crippen LogP contribution in [0.4, 0.5) is 17.3 Å². The highest BCUT2D eigenvalue weighted by atomic mass is 16.6. The summed E-state index contributed by atoms with van der Waals surface area (Å²) in [6.07, 6.45) is 2.84. The molecule has 1 heterocycles. The van der Waals surface area contributed by atoms with Gasteiger partial charge in [0.1, 0.15) is 11.6 Å². The maximum atomic E-state index is 11.0. The molecule has 0 atom stereocenters. The molecule has 2 N–H and O–H groups in total. The Morgan fingerprint density at radius 1 is 1.15 bits per heavy atom. The lowest BCUT2D eigenvalue weighted by Gasteiger charge is -2.32. The third kappa shape index (κ3) is 3.82. The normalized spacial score (nSPS) is 11.2. The van der Waals surface area contributed by atoms with Crippen LogP contribution >= 0.6 is 0 Å². The number of nitrogens with one attached hydrogen (secondary N) is 2. The van der Waals surface area contributed by atoms with E-state index >= 15 is 0 Å². The van der Waals surface area contributed by atoms with E-state index in [9.17, 15) is 10.1 Å². The Kier molecular flexibility index (Phi) is 5.73. The predicted octanol–water partition coefficient (Wildman–Crippen LogP) is 3.80. The largest absolute Gasteiger partial charge is 0.370 e. The zero-order chi connectivity index (χ0) is 15.2. The van der Waals surface area contributed by atoms with Crippen LogP contribution in [0, 0.1) is 10.1 Å². The minimum Gasteiger partial charge on any atom is -0.370 e. The van der Waals surface area contributed by atoms with Crippen molar-refractivity contribution in [3.8, 4) is 0 Å². The maximum absolute atomic E-state index is 11.0. The topological polar surface area (TPSA) is 80.1 Å². The van der Waals surface area contributed by atoms with Crippen molar-refractivity contribution in [2.24, 2.45) is 0 Å². The third-order valence-electron chi connectivity index (χ3n) is 3.80. The Balaban J connectivity index is 3.12. The molecule has 0 amide bonds. The molecule has 0 aliphatic rings. The highest BCUT2D eigenvalue weighted by molar-refractivity contribution is 5.55. The van der Waals surface area contributed by atoms with Gasteiger partial charge in [0.2, 0.25) is 0 Å². The summed E-state index contributed by atoms with van der Waals surface area (Å²) in [5.41, 5.74) is -0.0122. The first-order chi connectivity index (χ1) is 9.50. The van der Waals surface area contributed by atoms with Crippen LogP contribution in [-0.4, -0.2) is 22.0 Å². The van der Waals surface area contributed by atoms with Gasteiger partial charge in [-0.1, -0.05) is 20.8 Å². The zero-order valence-electron chi connectivity index (χ0n) is 12.7. The molecule has 0 saturated heterocycles. The molecular weight excluding hydrogens is 256 g/mol. The van der Waals surface area contributed by atoms with E-state index in [2.05, 4.69) is 36.4 Å². The lowest BCUT2D eigenvalue weighted by molar-refractivity contribution is -0.384. The van der Waals surface area contributed by atoms with E-state index in [1.165, 1.54) is 12.1 Å². The molecule has 0 fully saturated rings. The monoisotopic (exact) mass is 280 g/mol. The second-order valence-corrected chi connectivity index (χ2v) is 4.85. The number of nitro groups is 1. The van der Waals surface area contributed by atoms with Gasteiger partial charge in [0.05, 0.1) is 17.1 Å². The number of pyridine rings is 1. The molecule has 6 heteroatoms. The first kappa shape index (κ1) is 16.2. The van der Waals surface area contributed by atoms with Gasteiger partial charge in [-0.2, -0.15) is 0 Å². The van der Waals surface area contributed by atoms with Crippen LogP contribution in [0.3, 0.4) is 0 Å². The van der Waals surface area contributed by atoms with Crippen LogP contribution < -0.4 is 10.6 Å². The summed E-state index contributed by atoms with van der Waals surface area (Å²) in [6, 6.07) is 2.96. The molecule has 0 aliphatic heterocycles. The van der Waals surface area contributed by atoms with Crippen molar-refractivity contribution in [1.82, 2.24) is 4.98 Å². The Morgan fingerprint density at radius 2 is 1.70 bits per heavy atom. The lowest BCUT2D eigenvalue weighted by Crippen LogP contribution is -2.36. The van der Waals surface area contributed by atoms with Crippen molar-refractivity contribution in [3.05, 3.63) is 22.2 Å².